The summed E-state index contributed by atoms with van der Waals surface area (Å²) in [7, 11) is 0. The van der Waals surface area contributed by atoms with Crippen LogP contribution in [0, 0.1) is 11.3 Å². The van der Waals surface area contributed by atoms with E-state index in [1.807, 2.05) is 6.92 Å². The fourth-order valence-corrected chi connectivity index (χ4v) is 2.15. The third-order valence-electron chi connectivity index (χ3n) is 2.31. The smallest absolute Gasteiger partial charge is 0.0927 e. The fourth-order valence-electron chi connectivity index (χ4n) is 2.15. The third kappa shape index (κ3) is 2.54. The first-order valence-corrected chi connectivity index (χ1v) is 4.88. The van der Waals surface area contributed by atoms with Gasteiger partial charge >= 0.3 is 0 Å². The van der Waals surface area contributed by atoms with Crippen molar-refractivity contribution in [3.05, 3.63) is 11.8 Å². The van der Waals surface area contributed by atoms with Gasteiger partial charge in [-0.2, -0.15) is 0 Å². The van der Waals surface area contributed by atoms with Crippen LogP contribution >= 0.6 is 0 Å². The number of allylic oxidation sites excluding steroid dienone is 2. The molecule has 0 bridgehead atoms. The van der Waals surface area contributed by atoms with Gasteiger partial charge in [0, 0.05) is 6.42 Å². The van der Waals surface area contributed by atoms with Crippen LogP contribution in [0.15, 0.2) is 11.8 Å². The summed E-state index contributed by atoms with van der Waals surface area (Å²) in [6.45, 7) is 9.71. The van der Waals surface area contributed by atoms with Gasteiger partial charge < -0.3 is 4.74 Å². The topological polar surface area (TPSA) is 9.23 Å². The van der Waals surface area contributed by atoms with Crippen molar-refractivity contribution < 1.29 is 4.74 Å². The van der Waals surface area contributed by atoms with Crippen LogP contribution in [0.3, 0.4) is 0 Å². The van der Waals surface area contributed by atoms with E-state index in [-0.39, 0.29) is 0 Å². The van der Waals surface area contributed by atoms with Gasteiger partial charge in [0.2, 0.25) is 0 Å². The van der Waals surface area contributed by atoms with Crippen LogP contribution in [-0.2, 0) is 4.74 Å². The second-order valence-electron chi connectivity index (χ2n) is 4.55. The highest BCUT2D eigenvalue weighted by atomic mass is 16.5. The standard InChI is InChI=1S/C11H20O/c1-5-12-10-6-9(2)7-11(3,4)8-10/h8-9H,5-7H2,1-4H3. The van der Waals surface area contributed by atoms with E-state index in [9.17, 15) is 0 Å². The molecule has 0 heterocycles. The van der Waals surface area contributed by atoms with Gasteiger partial charge in [0.1, 0.15) is 0 Å². The molecule has 70 valence electrons. The molecule has 0 N–H and O–H groups in total. The molecule has 0 aromatic carbocycles. The van der Waals surface area contributed by atoms with Gasteiger partial charge in [-0.05, 0) is 30.8 Å². The molecule has 0 aromatic heterocycles. The SMILES string of the molecule is CCOC1=CC(C)(C)CC(C)C1. The average Bonchev–Trinajstić information content (AvgIpc) is 1.82. The molecule has 0 saturated heterocycles. The normalized spacial score (nSPS) is 28.0. The quantitative estimate of drug-likeness (QED) is 0.614. The molecule has 1 rings (SSSR count). The molecule has 0 radical (unpaired) electrons. The largest absolute Gasteiger partial charge is 0.499 e. The lowest BCUT2D eigenvalue weighted by Gasteiger charge is -2.31. The van der Waals surface area contributed by atoms with Crippen molar-refractivity contribution in [1.29, 1.82) is 0 Å². The Bertz CT molecular complexity index is 179. The lowest BCUT2D eigenvalue weighted by Crippen LogP contribution is -2.20. The highest BCUT2D eigenvalue weighted by Gasteiger charge is 2.25. The minimum atomic E-state index is 0.335. The Balaban J connectivity index is 2.66. The lowest BCUT2D eigenvalue weighted by molar-refractivity contribution is 0.174. The number of hydrogen-bond acceptors (Lipinski definition) is 1. The van der Waals surface area contributed by atoms with Crippen LogP contribution in [0.2, 0.25) is 0 Å². The first kappa shape index (κ1) is 9.63. The first-order valence-electron chi connectivity index (χ1n) is 4.88. The average molecular weight is 168 g/mol. The van der Waals surface area contributed by atoms with Crippen molar-refractivity contribution in [1.82, 2.24) is 0 Å². The Morgan fingerprint density at radius 3 is 2.75 bits per heavy atom. The minimum Gasteiger partial charge on any atom is -0.499 e. The second-order valence-corrected chi connectivity index (χ2v) is 4.55. The lowest BCUT2D eigenvalue weighted by atomic mass is 9.77. The molecule has 0 aliphatic heterocycles. The van der Waals surface area contributed by atoms with Crippen LogP contribution in [0.4, 0.5) is 0 Å². The monoisotopic (exact) mass is 168 g/mol. The van der Waals surface area contributed by atoms with Crippen molar-refractivity contribution in [2.45, 2.75) is 40.5 Å². The van der Waals surface area contributed by atoms with E-state index >= 15 is 0 Å². The van der Waals surface area contributed by atoms with E-state index < -0.39 is 0 Å². The molecular weight excluding hydrogens is 148 g/mol. The van der Waals surface area contributed by atoms with E-state index in [0.717, 1.165) is 18.9 Å². The van der Waals surface area contributed by atoms with Crippen LogP contribution in [-0.4, -0.2) is 6.61 Å². The summed E-state index contributed by atoms with van der Waals surface area (Å²) in [6, 6.07) is 0. The van der Waals surface area contributed by atoms with Crippen molar-refractivity contribution in [2.24, 2.45) is 11.3 Å². The van der Waals surface area contributed by atoms with Gasteiger partial charge in [0.05, 0.1) is 12.4 Å². The molecule has 0 amide bonds. The van der Waals surface area contributed by atoms with Crippen LogP contribution in [0.5, 0.6) is 0 Å². The Hall–Kier alpha value is -0.460. The van der Waals surface area contributed by atoms with Gasteiger partial charge in [-0.25, -0.2) is 0 Å². The molecule has 0 aromatic rings. The first-order chi connectivity index (χ1) is 5.53. The second kappa shape index (κ2) is 3.51. The van der Waals surface area contributed by atoms with E-state index in [0.29, 0.717) is 5.41 Å². The zero-order chi connectivity index (χ0) is 9.19. The highest BCUT2D eigenvalue weighted by molar-refractivity contribution is 5.07. The van der Waals surface area contributed by atoms with Crippen LogP contribution < -0.4 is 0 Å². The summed E-state index contributed by atoms with van der Waals surface area (Å²) in [4.78, 5) is 0. The fraction of sp³-hybridized carbons (Fsp3) is 0.818. The molecule has 1 heteroatoms. The number of rotatable bonds is 2. The van der Waals surface area contributed by atoms with E-state index in [1.165, 1.54) is 12.2 Å². The zero-order valence-corrected chi connectivity index (χ0v) is 8.68. The molecule has 0 saturated carbocycles. The van der Waals surface area contributed by atoms with Crippen molar-refractivity contribution in [2.75, 3.05) is 6.61 Å². The number of hydrogen-bond donors (Lipinski definition) is 0. The Labute approximate surface area is 75.8 Å². The minimum absolute atomic E-state index is 0.335. The molecule has 0 fully saturated rings. The third-order valence-corrected chi connectivity index (χ3v) is 2.31. The Morgan fingerprint density at radius 1 is 1.58 bits per heavy atom. The molecule has 12 heavy (non-hydrogen) atoms. The van der Waals surface area contributed by atoms with Gasteiger partial charge in [0.25, 0.3) is 0 Å². The summed E-state index contributed by atoms with van der Waals surface area (Å²) in [5.74, 6) is 1.97. The molecule has 1 unspecified atom stereocenters. The molecule has 1 nitrogen and oxygen atoms in total. The van der Waals surface area contributed by atoms with Crippen molar-refractivity contribution >= 4 is 0 Å². The Morgan fingerprint density at radius 2 is 2.25 bits per heavy atom. The predicted octanol–water partition coefficient (Wildman–Crippen LogP) is 3.36. The summed E-state index contributed by atoms with van der Waals surface area (Å²) in [6.07, 6.45) is 4.69. The van der Waals surface area contributed by atoms with E-state index in [1.54, 1.807) is 0 Å². The maximum atomic E-state index is 5.55. The highest BCUT2D eigenvalue weighted by Crippen LogP contribution is 2.36. The van der Waals surface area contributed by atoms with E-state index in [4.69, 9.17) is 4.74 Å². The van der Waals surface area contributed by atoms with Gasteiger partial charge in [0.15, 0.2) is 0 Å². The van der Waals surface area contributed by atoms with Crippen LogP contribution in [0.25, 0.3) is 0 Å². The van der Waals surface area contributed by atoms with E-state index in [2.05, 4.69) is 26.8 Å². The molecule has 0 spiro atoms. The number of ether oxygens (including phenoxy) is 1. The summed E-state index contributed by atoms with van der Waals surface area (Å²) in [5.41, 5.74) is 0.335. The van der Waals surface area contributed by atoms with Crippen molar-refractivity contribution in [3.8, 4) is 0 Å². The summed E-state index contributed by atoms with van der Waals surface area (Å²) < 4.78 is 5.55. The van der Waals surface area contributed by atoms with Gasteiger partial charge in [-0.1, -0.05) is 20.8 Å². The summed E-state index contributed by atoms with van der Waals surface area (Å²) in [5, 5.41) is 0. The Kier molecular flexibility index (Phi) is 2.81. The maximum Gasteiger partial charge on any atom is 0.0927 e. The zero-order valence-electron chi connectivity index (χ0n) is 8.68. The van der Waals surface area contributed by atoms with Crippen molar-refractivity contribution in [3.63, 3.8) is 0 Å². The predicted molar refractivity (Wildman–Crippen MR) is 51.9 cm³/mol. The molecule has 1 aliphatic rings. The maximum absolute atomic E-state index is 5.55. The molecule has 1 atom stereocenters. The van der Waals surface area contributed by atoms with Gasteiger partial charge in [-0.15, -0.1) is 0 Å². The molecular formula is C11H20O. The summed E-state index contributed by atoms with van der Waals surface area (Å²) >= 11 is 0. The molecule has 1 aliphatic carbocycles. The van der Waals surface area contributed by atoms with Crippen LogP contribution in [0.1, 0.15) is 40.5 Å². The van der Waals surface area contributed by atoms with Gasteiger partial charge in [-0.3, -0.25) is 0 Å².